The highest BCUT2D eigenvalue weighted by atomic mass is 16.7. The first-order valence-corrected chi connectivity index (χ1v) is 4.91. The van der Waals surface area contributed by atoms with Gasteiger partial charge in [0.15, 0.2) is 0 Å². The summed E-state index contributed by atoms with van der Waals surface area (Å²) in [5.41, 5.74) is 1.02. The van der Waals surface area contributed by atoms with E-state index < -0.39 is 0 Å². The van der Waals surface area contributed by atoms with E-state index in [2.05, 4.69) is 0 Å². The van der Waals surface area contributed by atoms with E-state index in [1.165, 1.54) is 5.06 Å². The van der Waals surface area contributed by atoms with Gasteiger partial charge in [0.1, 0.15) is 6.10 Å². The molecule has 4 heteroatoms. The van der Waals surface area contributed by atoms with Gasteiger partial charge in [0.2, 0.25) is 5.91 Å². The molecule has 0 bridgehead atoms. The molecule has 1 fully saturated rings. The topological polar surface area (TPSA) is 49.8 Å². The fourth-order valence-corrected chi connectivity index (χ4v) is 1.55. The zero-order valence-electron chi connectivity index (χ0n) is 8.30. The fourth-order valence-electron chi connectivity index (χ4n) is 1.55. The minimum atomic E-state index is -0.374. The number of aliphatic hydroxyl groups excluding tert-OH is 1. The summed E-state index contributed by atoms with van der Waals surface area (Å²) in [6, 6.07) is 9.62. The SMILES string of the molecule is O=C1CC(CO)ON1Cc1ccccc1. The molecule has 1 saturated heterocycles. The maximum Gasteiger partial charge on any atom is 0.249 e. The minimum Gasteiger partial charge on any atom is -0.394 e. The lowest BCUT2D eigenvalue weighted by Gasteiger charge is -2.15. The second kappa shape index (κ2) is 4.42. The van der Waals surface area contributed by atoms with Gasteiger partial charge in [-0.3, -0.25) is 9.63 Å². The number of benzene rings is 1. The van der Waals surface area contributed by atoms with Crippen LogP contribution >= 0.6 is 0 Å². The number of aliphatic hydroxyl groups is 1. The van der Waals surface area contributed by atoms with Crippen LogP contribution in [0.2, 0.25) is 0 Å². The Morgan fingerprint density at radius 3 is 2.73 bits per heavy atom. The van der Waals surface area contributed by atoms with Crippen molar-refractivity contribution >= 4 is 5.91 Å². The number of carbonyl (C=O) groups excluding carboxylic acids is 1. The van der Waals surface area contributed by atoms with E-state index in [0.717, 1.165) is 5.56 Å². The van der Waals surface area contributed by atoms with Gasteiger partial charge in [-0.1, -0.05) is 30.3 Å². The third kappa shape index (κ3) is 2.34. The molecule has 80 valence electrons. The number of hydroxylamine groups is 2. The molecule has 0 saturated carbocycles. The summed E-state index contributed by atoms with van der Waals surface area (Å²) >= 11 is 0. The van der Waals surface area contributed by atoms with Crippen molar-refractivity contribution < 1.29 is 14.7 Å². The van der Waals surface area contributed by atoms with Gasteiger partial charge in [0.05, 0.1) is 19.6 Å². The van der Waals surface area contributed by atoms with Gasteiger partial charge in [-0.05, 0) is 5.56 Å². The van der Waals surface area contributed by atoms with Crippen molar-refractivity contribution in [2.45, 2.75) is 19.1 Å². The molecule has 1 unspecified atom stereocenters. The van der Waals surface area contributed by atoms with Crippen molar-refractivity contribution in [2.24, 2.45) is 0 Å². The summed E-state index contributed by atoms with van der Waals surface area (Å²) in [5, 5.41) is 10.2. The third-order valence-corrected chi connectivity index (χ3v) is 2.33. The van der Waals surface area contributed by atoms with E-state index in [1.807, 2.05) is 30.3 Å². The maximum absolute atomic E-state index is 11.4. The highest BCUT2D eigenvalue weighted by Crippen LogP contribution is 2.17. The van der Waals surface area contributed by atoms with Crippen LogP contribution in [0.4, 0.5) is 0 Å². The van der Waals surface area contributed by atoms with Gasteiger partial charge in [-0.25, -0.2) is 5.06 Å². The first kappa shape index (κ1) is 10.1. The molecule has 0 spiro atoms. The molecular formula is C11H13NO3. The van der Waals surface area contributed by atoms with Crippen molar-refractivity contribution in [1.82, 2.24) is 5.06 Å². The molecule has 1 atom stereocenters. The highest BCUT2D eigenvalue weighted by molar-refractivity contribution is 5.77. The number of rotatable bonds is 3. The molecule has 4 nitrogen and oxygen atoms in total. The van der Waals surface area contributed by atoms with Crippen LogP contribution in [-0.4, -0.2) is 28.8 Å². The van der Waals surface area contributed by atoms with Gasteiger partial charge < -0.3 is 5.11 Å². The Hall–Kier alpha value is -1.39. The van der Waals surface area contributed by atoms with Crippen LogP contribution in [0.25, 0.3) is 0 Å². The Morgan fingerprint density at radius 1 is 1.40 bits per heavy atom. The largest absolute Gasteiger partial charge is 0.394 e. The van der Waals surface area contributed by atoms with E-state index in [-0.39, 0.29) is 25.0 Å². The number of carbonyl (C=O) groups is 1. The van der Waals surface area contributed by atoms with E-state index in [9.17, 15) is 4.79 Å². The Bertz CT molecular complexity index is 339. The van der Waals surface area contributed by atoms with Crippen molar-refractivity contribution in [3.8, 4) is 0 Å². The van der Waals surface area contributed by atoms with Gasteiger partial charge in [-0.2, -0.15) is 0 Å². The smallest absolute Gasteiger partial charge is 0.249 e. The fraction of sp³-hybridized carbons (Fsp3) is 0.364. The summed E-state index contributed by atoms with van der Waals surface area (Å²) < 4.78 is 0. The first-order valence-electron chi connectivity index (χ1n) is 4.91. The molecule has 1 aliphatic heterocycles. The average Bonchev–Trinajstić information content (AvgIpc) is 2.61. The second-order valence-electron chi connectivity index (χ2n) is 3.53. The number of hydrogen-bond acceptors (Lipinski definition) is 3. The van der Waals surface area contributed by atoms with Gasteiger partial charge in [0.25, 0.3) is 0 Å². The average molecular weight is 207 g/mol. The molecule has 1 aromatic rings. The summed E-state index contributed by atoms with van der Waals surface area (Å²) in [4.78, 5) is 16.7. The maximum atomic E-state index is 11.4. The summed E-state index contributed by atoms with van der Waals surface area (Å²) in [6.07, 6.45) is -0.107. The lowest BCUT2D eigenvalue weighted by Crippen LogP contribution is -2.23. The zero-order valence-corrected chi connectivity index (χ0v) is 8.30. The third-order valence-electron chi connectivity index (χ3n) is 2.33. The molecule has 0 aliphatic carbocycles. The predicted octanol–water partition coefficient (Wildman–Crippen LogP) is 0.711. The molecule has 1 N–H and O–H groups in total. The van der Waals surface area contributed by atoms with Crippen molar-refractivity contribution in [3.63, 3.8) is 0 Å². The van der Waals surface area contributed by atoms with Gasteiger partial charge in [0, 0.05) is 0 Å². The van der Waals surface area contributed by atoms with E-state index in [4.69, 9.17) is 9.94 Å². The van der Waals surface area contributed by atoms with Crippen molar-refractivity contribution in [1.29, 1.82) is 0 Å². The monoisotopic (exact) mass is 207 g/mol. The molecule has 1 amide bonds. The molecule has 1 heterocycles. The Labute approximate surface area is 88.0 Å². The van der Waals surface area contributed by atoms with Gasteiger partial charge >= 0.3 is 0 Å². The normalized spacial score (nSPS) is 21.0. The Morgan fingerprint density at radius 2 is 2.13 bits per heavy atom. The summed E-state index contributed by atoms with van der Waals surface area (Å²) in [5.74, 6) is -0.0714. The molecular weight excluding hydrogens is 194 g/mol. The van der Waals surface area contributed by atoms with Crippen LogP contribution in [-0.2, 0) is 16.2 Å². The predicted molar refractivity (Wildman–Crippen MR) is 53.6 cm³/mol. The summed E-state index contributed by atoms with van der Waals surface area (Å²) in [6.45, 7) is 0.327. The minimum absolute atomic E-state index is 0.0714. The second-order valence-corrected chi connectivity index (χ2v) is 3.53. The summed E-state index contributed by atoms with van der Waals surface area (Å²) in [7, 11) is 0. The van der Waals surface area contributed by atoms with Crippen LogP contribution in [0.5, 0.6) is 0 Å². The van der Waals surface area contributed by atoms with Crippen LogP contribution in [0.3, 0.4) is 0 Å². The molecule has 2 rings (SSSR count). The Balaban J connectivity index is 1.99. The number of amides is 1. The standard InChI is InChI=1S/C11H13NO3/c13-8-10-6-11(14)12(15-10)7-9-4-2-1-3-5-9/h1-5,10,13H,6-8H2. The highest BCUT2D eigenvalue weighted by Gasteiger charge is 2.30. The number of nitrogens with zero attached hydrogens (tertiary/aromatic N) is 1. The molecule has 1 aromatic carbocycles. The van der Waals surface area contributed by atoms with Gasteiger partial charge in [-0.15, -0.1) is 0 Å². The lowest BCUT2D eigenvalue weighted by atomic mass is 10.2. The van der Waals surface area contributed by atoms with Crippen LogP contribution in [0, 0.1) is 0 Å². The molecule has 15 heavy (non-hydrogen) atoms. The van der Waals surface area contributed by atoms with E-state index in [0.29, 0.717) is 6.54 Å². The molecule has 0 aromatic heterocycles. The van der Waals surface area contributed by atoms with E-state index in [1.54, 1.807) is 0 Å². The van der Waals surface area contributed by atoms with Crippen LogP contribution in [0.1, 0.15) is 12.0 Å². The van der Waals surface area contributed by atoms with Crippen molar-refractivity contribution in [2.75, 3.05) is 6.61 Å². The van der Waals surface area contributed by atoms with Crippen molar-refractivity contribution in [3.05, 3.63) is 35.9 Å². The molecule has 1 aliphatic rings. The van der Waals surface area contributed by atoms with Crippen LogP contribution in [0.15, 0.2) is 30.3 Å². The lowest BCUT2D eigenvalue weighted by molar-refractivity contribution is -0.180. The molecule has 0 radical (unpaired) electrons. The Kier molecular flexibility index (Phi) is 2.99. The van der Waals surface area contributed by atoms with E-state index >= 15 is 0 Å². The van der Waals surface area contributed by atoms with Crippen LogP contribution < -0.4 is 0 Å². The first-order chi connectivity index (χ1) is 7.29. The quantitative estimate of drug-likeness (QED) is 0.794. The number of hydrogen-bond donors (Lipinski definition) is 1. The zero-order chi connectivity index (χ0) is 10.7.